The third-order valence-corrected chi connectivity index (χ3v) is 2.43. The highest BCUT2D eigenvalue weighted by molar-refractivity contribution is 4.68. The molecule has 1 atom stereocenters. The highest BCUT2D eigenvalue weighted by Gasteiger charge is 2.06. The molecule has 1 unspecified atom stereocenters. The lowest BCUT2D eigenvalue weighted by molar-refractivity contribution is 0.272. The summed E-state index contributed by atoms with van der Waals surface area (Å²) in [6.07, 6.45) is 5.49. The number of nitrogens with two attached hydrogens (primary N) is 1. The van der Waals surface area contributed by atoms with Gasteiger partial charge >= 0.3 is 0 Å². The van der Waals surface area contributed by atoms with Gasteiger partial charge in [-0.15, -0.1) is 6.58 Å². The quantitative estimate of drug-likeness (QED) is 0.461. The first-order chi connectivity index (χ1) is 6.24. The summed E-state index contributed by atoms with van der Waals surface area (Å²) in [7, 11) is 2.17. The standard InChI is InChI=1S/C11H24N2/c1-4-6-7-8-13(3)10-11(5-2)9-12/h4,11H,1,5-10,12H2,2-3H3. The lowest BCUT2D eigenvalue weighted by Crippen LogP contribution is -2.30. The predicted octanol–water partition coefficient (Wildman–Crippen LogP) is 1.87. The summed E-state index contributed by atoms with van der Waals surface area (Å²) >= 11 is 0. The van der Waals surface area contributed by atoms with Crippen LogP contribution in [-0.4, -0.2) is 31.6 Å². The Kier molecular flexibility index (Phi) is 8.05. The summed E-state index contributed by atoms with van der Waals surface area (Å²) in [5, 5.41) is 0. The predicted molar refractivity (Wildman–Crippen MR) is 59.8 cm³/mol. The molecular formula is C11H24N2. The number of hydrogen-bond acceptors (Lipinski definition) is 2. The molecule has 78 valence electrons. The second-order valence-corrected chi connectivity index (χ2v) is 3.70. The van der Waals surface area contributed by atoms with Crippen LogP contribution in [0, 0.1) is 5.92 Å². The van der Waals surface area contributed by atoms with Crippen molar-refractivity contribution in [2.75, 3.05) is 26.7 Å². The number of hydrogen-bond donors (Lipinski definition) is 1. The van der Waals surface area contributed by atoms with Crippen LogP contribution in [0.2, 0.25) is 0 Å². The van der Waals surface area contributed by atoms with Crippen molar-refractivity contribution in [3.63, 3.8) is 0 Å². The SMILES string of the molecule is C=CCCCN(C)CC(CC)CN. The zero-order valence-corrected chi connectivity index (χ0v) is 9.13. The second-order valence-electron chi connectivity index (χ2n) is 3.70. The van der Waals surface area contributed by atoms with Crippen molar-refractivity contribution in [2.24, 2.45) is 11.7 Å². The fourth-order valence-electron chi connectivity index (χ4n) is 1.41. The Bertz CT molecular complexity index is 119. The van der Waals surface area contributed by atoms with Crippen LogP contribution < -0.4 is 5.73 Å². The van der Waals surface area contributed by atoms with E-state index >= 15 is 0 Å². The van der Waals surface area contributed by atoms with Crippen LogP contribution in [-0.2, 0) is 0 Å². The smallest absolute Gasteiger partial charge is 0.00186 e. The Labute approximate surface area is 82.8 Å². The molecule has 0 bridgehead atoms. The number of rotatable bonds is 8. The van der Waals surface area contributed by atoms with Crippen molar-refractivity contribution in [3.8, 4) is 0 Å². The molecule has 0 aromatic rings. The van der Waals surface area contributed by atoms with Gasteiger partial charge in [0, 0.05) is 6.54 Å². The van der Waals surface area contributed by atoms with Gasteiger partial charge in [0.15, 0.2) is 0 Å². The van der Waals surface area contributed by atoms with Gasteiger partial charge in [-0.25, -0.2) is 0 Å². The molecule has 2 heteroatoms. The highest BCUT2D eigenvalue weighted by Crippen LogP contribution is 2.03. The zero-order chi connectivity index (χ0) is 10.1. The molecule has 0 spiro atoms. The highest BCUT2D eigenvalue weighted by atomic mass is 15.1. The molecule has 2 nitrogen and oxygen atoms in total. The molecule has 0 fully saturated rings. The average Bonchev–Trinajstić information content (AvgIpc) is 2.14. The van der Waals surface area contributed by atoms with Gasteiger partial charge in [-0.2, -0.15) is 0 Å². The van der Waals surface area contributed by atoms with E-state index in [4.69, 9.17) is 5.73 Å². The maximum Gasteiger partial charge on any atom is 0.00186 e. The Balaban J connectivity index is 3.47. The van der Waals surface area contributed by atoms with Crippen LogP contribution in [0.4, 0.5) is 0 Å². The number of unbranched alkanes of at least 4 members (excludes halogenated alkanes) is 1. The van der Waals surface area contributed by atoms with E-state index in [9.17, 15) is 0 Å². The number of nitrogens with zero attached hydrogens (tertiary/aromatic N) is 1. The Morgan fingerprint density at radius 2 is 2.23 bits per heavy atom. The van der Waals surface area contributed by atoms with Crippen molar-refractivity contribution in [1.29, 1.82) is 0 Å². The van der Waals surface area contributed by atoms with Gasteiger partial charge in [0.2, 0.25) is 0 Å². The third kappa shape index (κ3) is 6.79. The minimum atomic E-state index is 0.661. The first-order valence-electron chi connectivity index (χ1n) is 5.24. The van der Waals surface area contributed by atoms with Gasteiger partial charge in [0.25, 0.3) is 0 Å². The molecule has 0 radical (unpaired) electrons. The third-order valence-electron chi connectivity index (χ3n) is 2.43. The van der Waals surface area contributed by atoms with Gasteiger partial charge in [-0.05, 0) is 38.9 Å². The molecule has 0 aliphatic carbocycles. The molecule has 0 heterocycles. The number of allylic oxidation sites excluding steroid dienone is 1. The summed E-state index contributed by atoms with van der Waals surface area (Å²) in [6, 6.07) is 0. The summed E-state index contributed by atoms with van der Waals surface area (Å²) in [5.41, 5.74) is 5.64. The molecule has 0 saturated heterocycles. The zero-order valence-electron chi connectivity index (χ0n) is 9.13. The monoisotopic (exact) mass is 184 g/mol. The Morgan fingerprint density at radius 1 is 1.54 bits per heavy atom. The molecule has 0 aliphatic heterocycles. The molecular weight excluding hydrogens is 160 g/mol. The summed E-state index contributed by atoms with van der Waals surface area (Å²) in [6.45, 7) is 9.01. The molecule has 0 aromatic carbocycles. The Morgan fingerprint density at radius 3 is 2.69 bits per heavy atom. The van der Waals surface area contributed by atoms with Crippen LogP contribution in [0.1, 0.15) is 26.2 Å². The summed E-state index contributed by atoms with van der Waals surface area (Å²) in [4.78, 5) is 2.37. The summed E-state index contributed by atoms with van der Waals surface area (Å²) in [5.74, 6) is 0.661. The van der Waals surface area contributed by atoms with Crippen LogP contribution in [0.15, 0.2) is 12.7 Å². The van der Waals surface area contributed by atoms with E-state index in [1.165, 1.54) is 12.8 Å². The van der Waals surface area contributed by atoms with E-state index in [1.54, 1.807) is 0 Å². The van der Waals surface area contributed by atoms with Gasteiger partial charge in [0.05, 0.1) is 0 Å². The lowest BCUT2D eigenvalue weighted by Gasteiger charge is -2.21. The topological polar surface area (TPSA) is 29.3 Å². The van der Waals surface area contributed by atoms with Crippen molar-refractivity contribution in [3.05, 3.63) is 12.7 Å². The van der Waals surface area contributed by atoms with Crippen molar-refractivity contribution in [2.45, 2.75) is 26.2 Å². The van der Waals surface area contributed by atoms with Gasteiger partial charge in [0.1, 0.15) is 0 Å². The maximum absolute atomic E-state index is 5.64. The summed E-state index contributed by atoms with van der Waals surface area (Å²) < 4.78 is 0. The van der Waals surface area contributed by atoms with Gasteiger partial charge in [-0.1, -0.05) is 19.4 Å². The van der Waals surface area contributed by atoms with Crippen molar-refractivity contribution < 1.29 is 0 Å². The van der Waals surface area contributed by atoms with Crippen LogP contribution >= 0.6 is 0 Å². The average molecular weight is 184 g/mol. The normalized spacial score (nSPS) is 13.2. The molecule has 13 heavy (non-hydrogen) atoms. The van der Waals surface area contributed by atoms with Crippen LogP contribution in [0.5, 0.6) is 0 Å². The molecule has 0 aromatic heterocycles. The minimum absolute atomic E-state index is 0.661. The molecule has 0 aliphatic rings. The van der Waals surface area contributed by atoms with E-state index in [-0.39, 0.29) is 0 Å². The van der Waals surface area contributed by atoms with Crippen molar-refractivity contribution in [1.82, 2.24) is 4.90 Å². The molecule has 0 amide bonds. The minimum Gasteiger partial charge on any atom is -0.330 e. The van der Waals surface area contributed by atoms with Crippen molar-refractivity contribution >= 4 is 0 Å². The van der Waals surface area contributed by atoms with Crippen LogP contribution in [0.3, 0.4) is 0 Å². The first kappa shape index (κ1) is 12.7. The lowest BCUT2D eigenvalue weighted by atomic mass is 10.1. The molecule has 0 saturated carbocycles. The molecule has 2 N–H and O–H groups in total. The first-order valence-corrected chi connectivity index (χ1v) is 5.24. The van der Waals surface area contributed by atoms with E-state index in [0.29, 0.717) is 5.92 Å². The van der Waals surface area contributed by atoms with E-state index < -0.39 is 0 Å². The van der Waals surface area contributed by atoms with E-state index in [0.717, 1.165) is 26.1 Å². The largest absolute Gasteiger partial charge is 0.330 e. The fourth-order valence-corrected chi connectivity index (χ4v) is 1.41. The van der Waals surface area contributed by atoms with Gasteiger partial charge < -0.3 is 10.6 Å². The van der Waals surface area contributed by atoms with E-state index in [1.807, 2.05) is 6.08 Å². The molecule has 0 rings (SSSR count). The maximum atomic E-state index is 5.64. The van der Waals surface area contributed by atoms with E-state index in [2.05, 4.69) is 25.5 Å². The Hall–Kier alpha value is -0.340. The second kappa shape index (κ2) is 8.27. The van der Waals surface area contributed by atoms with Crippen LogP contribution in [0.25, 0.3) is 0 Å². The van der Waals surface area contributed by atoms with Gasteiger partial charge in [-0.3, -0.25) is 0 Å². The fraction of sp³-hybridized carbons (Fsp3) is 0.818.